The monoisotopic (exact) mass is 254 g/mol. The highest BCUT2D eigenvalue weighted by Crippen LogP contribution is 2.33. The van der Waals surface area contributed by atoms with Crippen LogP contribution in [0.4, 0.5) is 0 Å². The quantitative estimate of drug-likeness (QED) is 0.807. The summed E-state index contributed by atoms with van der Waals surface area (Å²) in [7, 11) is 1.41. The second kappa shape index (κ2) is 4.69. The molecule has 0 fully saturated rings. The van der Waals surface area contributed by atoms with Gasteiger partial charge in [-0.05, 0) is 0 Å². The molecule has 1 aromatic heterocycles. The second-order valence-corrected chi connectivity index (χ2v) is 3.84. The van der Waals surface area contributed by atoms with Gasteiger partial charge in [-0.15, -0.1) is 0 Å². The lowest BCUT2D eigenvalue weighted by molar-refractivity contribution is -0.0343. The molecule has 2 N–H and O–H groups in total. The minimum Gasteiger partial charge on any atom is -0.506 e. The molecule has 7 heteroatoms. The van der Waals surface area contributed by atoms with Crippen LogP contribution in [0.15, 0.2) is 33.4 Å². The van der Waals surface area contributed by atoms with Crippen molar-refractivity contribution in [2.24, 2.45) is 0 Å². The molecular formula is C11H14N2O5. The minimum absolute atomic E-state index is 0.0249. The summed E-state index contributed by atoms with van der Waals surface area (Å²) in [4.78, 5) is 24.8. The molecule has 2 atom stereocenters. The fourth-order valence-corrected chi connectivity index (χ4v) is 1.88. The SMILES string of the molecule is CCC1=C(O)C(OC)[C@H](n2ccc(=O)[nH]c2=O)O1. The number of rotatable bonds is 3. The zero-order chi connectivity index (χ0) is 13.3. The Kier molecular flexibility index (Phi) is 3.24. The van der Waals surface area contributed by atoms with E-state index in [1.165, 1.54) is 23.9 Å². The van der Waals surface area contributed by atoms with Gasteiger partial charge in [0, 0.05) is 25.8 Å². The highest BCUT2D eigenvalue weighted by atomic mass is 16.6. The number of hydrogen-bond donors (Lipinski definition) is 2. The molecule has 1 aliphatic rings. The van der Waals surface area contributed by atoms with Crippen molar-refractivity contribution in [3.8, 4) is 0 Å². The number of nitrogens with zero attached hydrogens (tertiary/aromatic N) is 1. The van der Waals surface area contributed by atoms with Crippen LogP contribution < -0.4 is 11.2 Å². The predicted molar refractivity (Wildman–Crippen MR) is 62.2 cm³/mol. The number of aliphatic hydroxyl groups excluding tert-OH is 1. The molecule has 0 radical (unpaired) electrons. The van der Waals surface area contributed by atoms with E-state index in [1.54, 1.807) is 0 Å². The predicted octanol–water partition coefficient (Wildman–Crippen LogP) is 0.260. The Bertz CT molecular complexity index is 586. The van der Waals surface area contributed by atoms with Crippen molar-refractivity contribution in [2.45, 2.75) is 25.7 Å². The van der Waals surface area contributed by atoms with Crippen LogP contribution in [-0.4, -0.2) is 27.9 Å². The van der Waals surface area contributed by atoms with E-state index < -0.39 is 23.6 Å². The Morgan fingerprint density at radius 3 is 2.83 bits per heavy atom. The van der Waals surface area contributed by atoms with Gasteiger partial charge in [0.25, 0.3) is 5.56 Å². The lowest BCUT2D eigenvalue weighted by Gasteiger charge is -2.19. The van der Waals surface area contributed by atoms with Crippen molar-refractivity contribution in [1.82, 2.24) is 9.55 Å². The molecule has 18 heavy (non-hydrogen) atoms. The maximum atomic E-state index is 11.7. The van der Waals surface area contributed by atoms with Gasteiger partial charge in [0.15, 0.2) is 11.9 Å². The molecule has 0 saturated carbocycles. The molecule has 1 aliphatic heterocycles. The van der Waals surface area contributed by atoms with Crippen LogP contribution >= 0.6 is 0 Å². The van der Waals surface area contributed by atoms with Gasteiger partial charge in [-0.1, -0.05) is 6.92 Å². The Labute approximate surface area is 102 Å². The van der Waals surface area contributed by atoms with Gasteiger partial charge in [0.05, 0.1) is 0 Å². The van der Waals surface area contributed by atoms with Gasteiger partial charge in [-0.3, -0.25) is 14.3 Å². The molecule has 1 unspecified atom stereocenters. The Hall–Kier alpha value is -2.02. The summed E-state index contributed by atoms with van der Waals surface area (Å²) in [5, 5.41) is 9.87. The van der Waals surface area contributed by atoms with Crippen LogP contribution in [0, 0.1) is 0 Å². The van der Waals surface area contributed by atoms with Gasteiger partial charge in [0.2, 0.25) is 6.23 Å². The van der Waals surface area contributed by atoms with Crippen LogP contribution in [0.5, 0.6) is 0 Å². The molecule has 0 aromatic carbocycles. The molecule has 2 rings (SSSR count). The summed E-state index contributed by atoms with van der Waals surface area (Å²) in [6.45, 7) is 1.82. The van der Waals surface area contributed by atoms with E-state index in [1.807, 2.05) is 6.92 Å². The summed E-state index contributed by atoms with van der Waals surface area (Å²) in [5.41, 5.74) is -1.10. The average Bonchev–Trinajstić information content (AvgIpc) is 2.65. The fraction of sp³-hybridized carbons (Fsp3) is 0.455. The smallest absolute Gasteiger partial charge is 0.331 e. The van der Waals surface area contributed by atoms with E-state index in [0.29, 0.717) is 12.2 Å². The number of H-pyrrole nitrogens is 1. The maximum absolute atomic E-state index is 11.7. The summed E-state index contributed by atoms with van der Waals surface area (Å²) >= 11 is 0. The Morgan fingerprint density at radius 2 is 2.28 bits per heavy atom. The Balaban J connectivity index is 2.41. The van der Waals surface area contributed by atoms with Crippen LogP contribution in [0.25, 0.3) is 0 Å². The summed E-state index contributed by atoms with van der Waals surface area (Å²) in [6, 6.07) is 1.21. The van der Waals surface area contributed by atoms with E-state index in [9.17, 15) is 14.7 Å². The van der Waals surface area contributed by atoms with Crippen molar-refractivity contribution in [2.75, 3.05) is 7.11 Å². The first-order valence-electron chi connectivity index (χ1n) is 5.51. The number of allylic oxidation sites excluding steroid dienone is 1. The second-order valence-electron chi connectivity index (χ2n) is 3.84. The number of aliphatic hydroxyl groups is 1. The standard InChI is InChI=1S/C11H14N2O5/c1-3-6-8(15)9(17-2)10(18-6)13-5-4-7(14)12-11(13)16/h4-5,9-10,15H,3H2,1-2H3,(H,12,14,16)/t9?,10-/m1/s1. The van der Waals surface area contributed by atoms with E-state index in [4.69, 9.17) is 9.47 Å². The molecule has 0 bridgehead atoms. The number of aromatic nitrogens is 2. The number of methoxy groups -OCH3 is 1. The van der Waals surface area contributed by atoms with Crippen LogP contribution in [0.1, 0.15) is 19.6 Å². The van der Waals surface area contributed by atoms with Gasteiger partial charge >= 0.3 is 5.69 Å². The lowest BCUT2D eigenvalue weighted by atomic mass is 10.2. The zero-order valence-corrected chi connectivity index (χ0v) is 10.0. The maximum Gasteiger partial charge on any atom is 0.331 e. The molecule has 0 aliphatic carbocycles. The van der Waals surface area contributed by atoms with Crippen molar-refractivity contribution in [3.63, 3.8) is 0 Å². The third kappa shape index (κ3) is 1.92. The highest BCUT2D eigenvalue weighted by molar-refractivity contribution is 5.13. The molecule has 2 heterocycles. The molecular weight excluding hydrogens is 240 g/mol. The minimum atomic E-state index is -0.811. The van der Waals surface area contributed by atoms with Gasteiger partial charge in [-0.25, -0.2) is 4.79 Å². The van der Waals surface area contributed by atoms with E-state index >= 15 is 0 Å². The normalized spacial score (nSPS) is 23.2. The third-order valence-corrected chi connectivity index (χ3v) is 2.78. The summed E-state index contributed by atoms with van der Waals surface area (Å²) in [6.07, 6.45) is 0.224. The number of aromatic amines is 1. The first-order valence-corrected chi connectivity index (χ1v) is 5.51. The van der Waals surface area contributed by atoms with Crippen LogP contribution in [-0.2, 0) is 9.47 Å². The van der Waals surface area contributed by atoms with E-state index in [0.717, 1.165) is 0 Å². The van der Waals surface area contributed by atoms with Gasteiger partial charge < -0.3 is 14.6 Å². The Morgan fingerprint density at radius 1 is 1.56 bits per heavy atom. The van der Waals surface area contributed by atoms with Crippen LogP contribution in [0.3, 0.4) is 0 Å². The molecule has 7 nitrogen and oxygen atoms in total. The molecule has 1 aromatic rings. The fourth-order valence-electron chi connectivity index (χ4n) is 1.88. The van der Waals surface area contributed by atoms with Crippen molar-refractivity contribution in [3.05, 3.63) is 44.6 Å². The number of nitrogens with one attached hydrogen (secondary N) is 1. The van der Waals surface area contributed by atoms with E-state index in [-0.39, 0.29) is 5.76 Å². The highest BCUT2D eigenvalue weighted by Gasteiger charge is 2.38. The summed E-state index contributed by atoms with van der Waals surface area (Å²) < 4.78 is 11.8. The number of hydrogen-bond acceptors (Lipinski definition) is 5. The summed E-state index contributed by atoms with van der Waals surface area (Å²) in [5.74, 6) is 0.355. The zero-order valence-electron chi connectivity index (χ0n) is 10.0. The van der Waals surface area contributed by atoms with Crippen molar-refractivity contribution < 1.29 is 14.6 Å². The largest absolute Gasteiger partial charge is 0.506 e. The third-order valence-electron chi connectivity index (χ3n) is 2.78. The van der Waals surface area contributed by atoms with Crippen molar-refractivity contribution >= 4 is 0 Å². The van der Waals surface area contributed by atoms with Gasteiger partial charge in [0.1, 0.15) is 5.76 Å². The van der Waals surface area contributed by atoms with E-state index in [2.05, 4.69) is 4.98 Å². The molecule has 0 saturated heterocycles. The average molecular weight is 254 g/mol. The van der Waals surface area contributed by atoms with Crippen molar-refractivity contribution in [1.29, 1.82) is 0 Å². The first kappa shape index (κ1) is 12.4. The lowest BCUT2D eigenvalue weighted by Crippen LogP contribution is -2.36. The number of ether oxygens (including phenoxy) is 2. The molecule has 98 valence electrons. The first-order chi connectivity index (χ1) is 8.58. The molecule has 0 spiro atoms. The van der Waals surface area contributed by atoms with Gasteiger partial charge in [-0.2, -0.15) is 0 Å². The van der Waals surface area contributed by atoms with Crippen LogP contribution in [0.2, 0.25) is 0 Å². The molecule has 0 amide bonds. The topological polar surface area (TPSA) is 93.5 Å².